The highest BCUT2D eigenvalue weighted by Crippen LogP contribution is 2.11. The molecule has 0 amide bonds. The van der Waals surface area contributed by atoms with E-state index >= 15 is 0 Å². The van der Waals surface area contributed by atoms with Crippen LogP contribution in [0.5, 0.6) is 0 Å². The van der Waals surface area contributed by atoms with Crippen molar-refractivity contribution < 1.29 is 9.53 Å². The van der Waals surface area contributed by atoms with Gasteiger partial charge in [0.1, 0.15) is 0 Å². The monoisotopic (exact) mass is 314 g/mol. The van der Waals surface area contributed by atoms with Crippen LogP contribution in [0.15, 0.2) is 48.5 Å². The molecule has 114 valence electrons. The number of ether oxygens (including phenoxy) is 1. The van der Waals surface area contributed by atoms with Gasteiger partial charge in [-0.3, -0.25) is 0 Å². The van der Waals surface area contributed by atoms with Crippen molar-refractivity contribution in [2.45, 2.75) is 13.5 Å². The number of nitrogens with one attached hydrogen (secondary N) is 2. The molecule has 4 nitrogen and oxygen atoms in total. The molecular formula is C17H18N2O2S. The van der Waals surface area contributed by atoms with Crippen LogP contribution in [-0.2, 0) is 11.3 Å². The van der Waals surface area contributed by atoms with E-state index in [0.717, 1.165) is 11.3 Å². The average Bonchev–Trinajstić information content (AvgIpc) is 2.52. The smallest absolute Gasteiger partial charge is 0.337 e. The van der Waals surface area contributed by atoms with Gasteiger partial charge in [0.2, 0.25) is 0 Å². The lowest BCUT2D eigenvalue weighted by atomic mass is 10.1. The molecule has 22 heavy (non-hydrogen) atoms. The number of anilines is 1. The van der Waals surface area contributed by atoms with Gasteiger partial charge in [0.15, 0.2) is 5.11 Å². The van der Waals surface area contributed by atoms with E-state index < -0.39 is 0 Å². The Labute approximate surface area is 135 Å². The predicted octanol–water partition coefficient (Wildman–Crippen LogP) is 3.27. The van der Waals surface area contributed by atoms with Gasteiger partial charge in [0.25, 0.3) is 0 Å². The van der Waals surface area contributed by atoms with E-state index in [2.05, 4.69) is 29.7 Å². The van der Waals surface area contributed by atoms with Crippen LogP contribution in [0.4, 0.5) is 5.69 Å². The van der Waals surface area contributed by atoms with Crippen LogP contribution in [0, 0.1) is 6.92 Å². The number of hydrogen-bond acceptors (Lipinski definition) is 3. The van der Waals surface area contributed by atoms with E-state index in [9.17, 15) is 4.79 Å². The second-order valence-electron chi connectivity index (χ2n) is 4.87. The molecule has 0 bridgehead atoms. The highest BCUT2D eigenvalue weighted by atomic mass is 32.1. The summed E-state index contributed by atoms with van der Waals surface area (Å²) in [5.41, 5.74) is 3.59. The molecule has 0 aromatic heterocycles. The normalized spacial score (nSPS) is 9.91. The second-order valence-corrected chi connectivity index (χ2v) is 5.28. The molecule has 2 aromatic rings. The van der Waals surface area contributed by atoms with E-state index in [0.29, 0.717) is 17.2 Å². The van der Waals surface area contributed by atoms with Gasteiger partial charge in [-0.15, -0.1) is 0 Å². The number of methoxy groups -OCH3 is 1. The Kier molecular flexibility index (Phi) is 5.49. The highest BCUT2D eigenvalue weighted by Gasteiger charge is 2.06. The lowest BCUT2D eigenvalue weighted by Gasteiger charge is -2.11. The molecule has 0 aliphatic rings. The minimum Gasteiger partial charge on any atom is -0.465 e. The minimum absolute atomic E-state index is 0.373. The van der Waals surface area contributed by atoms with E-state index in [-0.39, 0.29) is 5.97 Å². The lowest BCUT2D eigenvalue weighted by molar-refractivity contribution is 0.0601. The van der Waals surface area contributed by atoms with Crippen molar-refractivity contribution in [1.82, 2.24) is 5.32 Å². The average molecular weight is 314 g/mol. The summed E-state index contributed by atoms with van der Waals surface area (Å²) < 4.78 is 4.70. The van der Waals surface area contributed by atoms with Gasteiger partial charge in [-0.05, 0) is 42.9 Å². The first kappa shape index (κ1) is 16.0. The second kappa shape index (κ2) is 7.56. The van der Waals surface area contributed by atoms with E-state index in [1.54, 1.807) is 18.2 Å². The van der Waals surface area contributed by atoms with Gasteiger partial charge >= 0.3 is 5.97 Å². The lowest BCUT2D eigenvalue weighted by Crippen LogP contribution is -2.28. The molecule has 2 rings (SSSR count). The summed E-state index contributed by atoms with van der Waals surface area (Å²) in [5, 5.41) is 6.70. The third-order valence-corrected chi connectivity index (χ3v) is 3.32. The fraction of sp³-hybridized carbons (Fsp3) is 0.176. The Morgan fingerprint density at radius 1 is 1.18 bits per heavy atom. The molecule has 0 atom stereocenters. The van der Waals surface area contributed by atoms with Crippen LogP contribution in [0.3, 0.4) is 0 Å². The number of aryl methyl sites for hydroxylation is 1. The molecule has 0 saturated carbocycles. The molecule has 0 fully saturated rings. The summed E-state index contributed by atoms with van der Waals surface area (Å²) in [6.07, 6.45) is 0. The van der Waals surface area contributed by atoms with Crippen LogP contribution < -0.4 is 10.6 Å². The van der Waals surface area contributed by atoms with Gasteiger partial charge < -0.3 is 15.4 Å². The number of carbonyl (C=O) groups excluding carboxylic acids is 1. The van der Waals surface area contributed by atoms with Crippen molar-refractivity contribution in [3.63, 3.8) is 0 Å². The van der Waals surface area contributed by atoms with Crippen molar-refractivity contribution in [1.29, 1.82) is 0 Å². The first-order chi connectivity index (χ1) is 10.6. The zero-order valence-corrected chi connectivity index (χ0v) is 13.4. The molecule has 0 spiro atoms. The summed E-state index contributed by atoms with van der Waals surface area (Å²) >= 11 is 5.27. The molecular weight excluding hydrogens is 296 g/mol. The number of carbonyl (C=O) groups is 1. The number of hydrogen-bond donors (Lipinski definition) is 2. The Morgan fingerprint density at radius 3 is 2.68 bits per heavy atom. The first-order valence-corrected chi connectivity index (χ1v) is 7.28. The molecule has 0 unspecified atom stereocenters. The van der Waals surface area contributed by atoms with E-state index in [4.69, 9.17) is 17.0 Å². The zero-order valence-electron chi connectivity index (χ0n) is 12.6. The molecule has 0 heterocycles. The Balaban J connectivity index is 1.93. The highest BCUT2D eigenvalue weighted by molar-refractivity contribution is 7.80. The molecule has 0 aliphatic heterocycles. The fourth-order valence-corrected chi connectivity index (χ4v) is 2.21. The van der Waals surface area contributed by atoms with Gasteiger partial charge in [-0.25, -0.2) is 4.79 Å². The quantitative estimate of drug-likeness (QED) is 0.670. The topological polar surface area (TPSA) is 50.4 Å². The van der Waals surface area contributed by atoms with Crippen LogP contribution in [0.25, 0.3) is 0 Å². The first-order valence-electron chi connectivity index (χ1n) is 6.87. The molecule has 2 aromatic carbocycles. The molecule has 0 radical (unpaired) electrons. The molecule has 2 N–H and O–H groups in total. The van der Waals surface area contributed by atoms with E-state index in [1.165, 1.54) is 12.7 Å². The number of esters is 1. The third-order valence-electron chi connectivity index (χ3n) is 3.08. The van der Waals surface area contributed by atoms with Crippen LogP contribution in [0.2, 0.25) is 0 Å². The maximum Gasteiger partial charge on any atom is 0.337 e. The zero-order chi connectivity index (χ0) is 15.9. The Bertz CT molecular complexity index is 686. The number of benzene rings is 2. The molecule has 0 saturated heterocycles. The Morgan fingerprint density at radius 2 is 1.95 bits per heavy atom. The van der Waals surface area contributed by atoms with Crippen LogP contribution in [0.1, 0.15) is 21.5 Å². The summed E-state index contributed by atoms with van der Waals surface area (Å²) in [7, 11) is 1.36. The van der Waals surface area contributed by atoms with Gasteiger partial charge in [0, 0.05) is 12.2 Å². The minimum atomic E-state index is -0.373. The molecule has 0 aliphatic carbocycles. The largest absolute Gasteiger partial charge is 0.465 e. The van der Waals surface area contributed by atoms with Crippen LogP contribution >= 0.6 is 12.2 Å². The summed E-state index contributed by atoms with van der Waals surface area (Å²) in [5.74, 6) is -0.373. The fourth-order valence-electron chi connectivity index (χ4n) is 2.02. The third kappa shape index (κ3) is 4.56. The maximum absolute atomic E-state index is 11.5. The molecule has 5 heteroatoms. The van der Waals surface area contributed by atoms with E-state index in [1.807, 2.05) is 18.2 Å². The standard InChI is InChI=1S/C17H18N2O2S/c1-12-5-3-6-13(9-12)11-18-17(22)19-15-8-4-7-14(10-15)16(20)21-2/h3-10H,11H2,1-2H3,(H2,18,19,22). The summed E-state index contributed by atoms with van der Waals surface area (Å²) in [6, 6.07) is 15.2. The van der Waals surface area contributed by atoms with Crippen molar-refractivity contribution in [2.75, 3.05) is 12.4 Å². The van der Waals surface area contributed by atoms with Crippen molar-refractivity contribution >= 4 is 29.0 Å². The summed E-state index contributed by atoms with van der Waals surface area (Å²) in [4.78, 5) is 11.5. The summed E-state index contributed by atoms with van der Waals surface area (Å²) in [6.45, 7) is 2.70. The van der Waals surface area contributed by atoms with Gasteiger partial charge in [-0.1, -0.05) is 35.9 Å². The van der Waals surface area contributed by atoms with Crippen molar-refractivity contribution in [2.24, 2.45) is 0 Å². The number of thiocarbonyl (C=S) groups is 1. The van der Waals surface area contributed by atoms with Crippen molar-refractivity contribution in [3.8, 4) is 0 Å². The number of rotatable bonds is 4. The van der Waals surface area contributed by atoms with Crippen LogP contribution in [-0.4, -0.2) is 18.2 Å². The van der Waals surface area contributed by atoms with Crippen molar-refractivity contribution in [3.05, 3.63) is 65.2 Å². The Hall–Kier alpha value is -2.40. The predicted molar refractivity (Wildman–Crippen MR) is 92.0 cm³/mol. The maximum atomic E-state index is 11.5. The van der Waals surface area contributed by atoms with Gasteiger partial charge in [0.05, 0.1) is 12.7 Å². The van der Waals surface area contributed by atoms with Gasteiger partial charge in [-0.2, -0.15) is 0 Å². The SMILES string of the molecule is COC(=O)c1cccc(NC(=S)NCc2cccc(C)c2)c1.